The van der Waals surface area contributed by atoms with Gasteiger partial charge >= 0.3 is 5.97 Å². The second-order valence-electron chi connectivity index (χ2n) is 5.56. The second-order valence-corrected chi connectivity index (χ2v) is 5.56. The number of nitrogens with one attached hydrogen (secondary N) is 1. The number of rotatable bonds is 3. The zero-order valence-corrected chi connectivity index (χ0v) is 13.2. The van der Waals surface area contributed by atoms with Crippen LogP contribution in [0.15, 0.2) is 60.7 Å². The molecule has 0 fully saturated rings. The second kappa shape index (κ2) is 5.81. The fraction of sp³-hybridized carbons (Fsp3) is 0.100. The van der Waals surface area contributed by atoms with Gasteiger partial charge in [-0.05, 0) is 35.9 Å². The third-order valence-electron chi connectivity index (χ3n) is 4.04. The van der Waals surface area contributed by atoms with Gasteiger partial charge in [0.1, 0.15) is 5.82 Å². The molecule has 4 heteroatoms. The number of benzene rings is 3. The van der Waals surface area contributed by atoms with Gasteiger partial charge in [0.15, 0.2) is 0 Å². The van der Waals surface area contributed by atoms with Crippen molar-refractivity contribution < 1.29 is 9.53 Å². The Kier molecular flexibility index (Phi) is 3.50. The monoisotopic (exact) mass is 316 g/mol. The van der Waals surface area contributed by atoms with E-state index < -0.39 is 0 Å². The minimum atomic E-state index is -0.319. The maximum Gasteiger partial charge on any atom is 0.338 e. The average molecular weight is 316 g/mol. The molecular formula is C20H16N2O2. The van der Waals surface area contributed by atoms with E-state index in [0.717, 1.165) is 27.8 Å². The largest absolute Gasteiger partial charge is 0.462 e. The summed E-state index contributed by atoms with van der Waals surface area (Å²) < 4.78 is 5.05. The molecule has 1 aromatic heterocycles. The lowest BCUT2D eigenvalue weighted by Gasteiger charge is -2.03. The third kappa shape index (κ3) is 2.42. The molecule has 0 unspecified atom stereocenters. The maximum atomic E-state index is 11.9. The maximum absolute atomic E-state index is 11.9. The highest BCUT2D eigenvalue weighted by Gasteiger charge is 2.12. The number of aromatic amines is 1. The molecule has 3 aromatic carbocycles. The number of H-pyrrole nitrogens is 1. The number of carbonyl (C=O) groups is 1. The van der Waals surface area contributed by atoms with Crippen LogP contribution in [0.2, 0.25) is 0 Å². The van der Waals surface area contributed by atoms with Crippen molar-refractivity contribution in [3.05, 3.63) is 66.2 Å². The molecule has 0 radical (unpaired) electrons. The van der Waals surface area contributed by atoms with Crippen LogP contribution in [0.4, 0.5) is 0 Å². The molecule has 0 aliphatic rings. The van der Waals surface area contributed by atoms with Gasteiger partial charge in [-0.2, -0.15) is 0 Å². The van der Waals surface area contributed by atoms with E-state index in [1.807, 2.05) is 30.3 Å². The van der Waals surface area contributed by atoms with Gasteiger partial charge < -0.3 is 9.72 Å². The van der Waals surface area contributed by atoms with Crippen LogP contribution in [-0.4, -0.2) is 22.5 Å². The molecule has 118 valence electrons. The van der Waals surface area contributed by atoms with E-state index in [-0.39, 0.29) is 5.97 Å². The predicted octanol–water partition coefficient (Wildman–Crippen LogP) is 4.56. The smallest absolute Gasteiger partial charge is 0.338 e. The molecule has 0 saturated heterocycles. The molecule has 0 atom stereocenters. The Morgan fingerprint density at radius 1 is 1.08 bits per heavy atom. The van der Waals surface area contributed by atoms with Gasteiger partial charge in [-0.1, -0.05) is 42.5 Å². The molecule has 1 heterocycles. The Morgan fingerprint density at radius 2 is 1.92 bits per heavy atom. The number of imidazole rings is 1. The van der Waals surface area contributed by atoms with Gasteiger partial charge in [0, 0.05) is 5.56 Å². The minimum absolute atomic E-state index is 0.319. The van der Waals surface area contributed by atoms with E-state index >= 15 is 0 Å². The Bertz CT molecular complexity index is 1040. The molecule has 0 spiro atoms. The molecule has 0 amide bonds. The van der Waals surface area contributed by atoms with Crippen molar-refractivity contribution in [2.75, 3.05) is 6.61 Å². The first kappa shape index (κ1) is 14.5. The van der Waals surface area contributed by atoms with Crippen molar-refractivity contribution in [3.8, 4) is 11.4 Å². The number of hydrogen-bond donors (Lipinski definition) is 1. The van der Waals surface area contributed by atoms with Crippen molar-refractivity contribution in [3.63, 3.8) is 0 Å². The lowest BCUT2D eigenvalue weighted by atomic mass is 10.0. The normalized spacial score (nSPS) is 11.0. The van der Waals surface area contributed by atoms with Gasteiger partial charge in [0.2, 0.25) is 0 Å². The van der Waals surface area contributed by atoms with Crippen molar-refractivity contribution in [1.82, 2.24) is 9.97 Å². The van der Waals surface area contributed by atoms with E-state index in [1.54, 1.807) is 19.1 Å². The first-order valence-corrected chi connectivity index (χ1v) is 7.91. The van der Waals surface area contributed by atoms with Crippen LogP contribution >= 0.6 is 0 Å². The molecule has 1 N–H and O–H groups in total. The number of aromatic nitrogens is 2. The summed E-state index contributed by atoms with van der Waals surface area (Å²) in [5, 5.41) is 2.31. The van der Waals surface area contributed by atoms with Gasteiger partial charge in [-0.15, -0.1) is 0 Å². The number of fused-ring (bicyclic) bond motifs is 2. The molecule has 0 saturated carbocycles. The van der Waals surface area contributed by atoms with Crippen LogP contribution < -0.4 is 0 Å². The van der Waals surface area contributed by atoms with E-state index in [1.165, 1.54) is 5.39 Å². The van der Waals surface area contributed by atoms with Crippen LogP contribution in [0.25, 0.3) is 33.2 Å². The third-order valence-corrected chi connectivity index (χ3v) is 4.04. The van der Waals surface area contributed by atoms with Crippen molar-refractivity contribution in [2.24, 2.45) is 0 Å². The van der Waals surface area contributed by atoms with Gasteiger partial charge in [-0.3, -0.25) is 0 Å². The fourth-order valence-electron chi connectivity index (χ4n) is 2.91. The van der Waals surface area contributed by atoms with Crippen molar-refractivity contribution in [2.45, 2.75) is 6.92 Å². The molecule has 0 aliphatic heterocycles. The zero-order chi connectivity index (χ0) is 16.5. The summed E-state index contributed by atoms with van der Waals surface area (Å²) in [6.07, 6.45) is 0. The highest BCUT2D eigenvalue weighted by Crippen LogP contribution is 2.28. The Hall–Kier alpha value is -3.14. The summed E-state index contributed by atoms with van der Waals surface area (Å²) in [6.45, 7) is 2.16. The minimum Gasteiger partial charge on any atom is -0.462 e. The Balaban J connectivity index is 1.84. The van der Waals surface area contributed by atoms with Gasteiger partial charge in [-0.25, -0.2) is 9.78 Å². The fourth-order valence-corrected chi connectivity index (χ4v) is 2.91. The summed E-state index contributed by atoms with van der Waals surface area (Å²) in [6, 6.07) is 19.7. The van der Waals surface area contributed by atoms with Crippen LogP contribution in [0.1, 0.15) is 17.3 Å². The first-order chi connectivity index (χ1) is 11.8. The van der Waals surface area contributed by atoms with E-state index in [4.69, 9.17) is 4.74 Å². The van der Waals surface area contributed by atoms with Crippen LogP contribution in [0.3, 0.4) is 0 Å². The average Bonchev–Trinajstić information content (AvgIpc) is 3.04. The summed E-state index contributed by atoms with van der Waals surface area (Å²) >= 11 is 0. The zero-order valence-electron chi connectivity index (χ0n) is 13.2. The van der Waals surface area contributed by atoms with E-state index in [0.29, 0.717) is 12.2 Å². The standard InChI is InChI=1S/C20H16N2O2/c1-2-24-20(23)14-10-11-17-18(12-14)22-19(21-17)16-9-5-7-13-6-3-4-8-15(13)16/h3-12H,2H2,1H3,(H,21,22). The van der Waals surface area contributed by atoms with Crippen LogP contribution in [-0.2, 0) is 4.74 Å². The lowest BCUT2D eigenvalue weighted by molar-refractivity contribution is 0.0526. The van der Waals surface area contributed by atoms with Crippen LogP contribution in [0, 0.1) is 0 Å². The molecule has 4 rings (SSSR count). The Labute approximate surface area is 139 Å². The summed E-state index contributed by atoms with van der Waals surface area (Å²) in [5.74, 6) is 0.475. The van der Waals surface area contributed by atoms with Gasteiger partial charge in [0.25, 0.3) is 0 Å². The number of carbonyl (C=O) groups excluding carboxylic acids is 1. The molecular weight excluding hydrogens is 300 g/mol. The summed E-state index contributed by atoms with van der Waals surface area (Å²) in [4.78, 5) is 19.9. The van der Waals surface area contributed by atoms with E-state index in [2.05, 4.69) is 28.2 Å². The quantitative estimate of drug-likeness (QED) is 0.564. The summed E-state index contributed by atoms with van der Waals surface area (Å²) in [7, 11) is 0. The highest BCUT2D eigenvalue weighted by atomic mass is 16.5. The number of ether oxygens (including phenoxy) is 1. The predicted molar refractivity (Wildman–Crippen MR) is 95.0 cm³/mol. The SMILES string of the molecule is CCOC(=O)c1ccc2nc(-c3cccc4ccccc34)[nH]c2c1. The van der Waals surface area contributed by atoms with E-state index in [9.17, 15) is 4.79 Å². The topological polar surface area (TPSA) is 55.0 Å². The molecule has 0 bridgehead atoms. The van der Waals surface area contributed by atoms with Crippen molar-refractivity contribution in [1.29, 1.82) is 0 Å². The lowest BCUT2D eigenvalue weighted by Crippen LogP contribution is -2.04. The Morgan fingerprint density at radius 3 is 2.79 bits per heavy atom. The molecule has 4 nitrogen and oxygen atoms in total. The number of esters is 1. The van der Waals surface area contributed by atoms with Gasteiger partial charge in [0.05, 0.1) is 23.2 Å². The summed E-state index contributed by atoms with van der Waals surface area (Å²) in [5.41, 5.74) is 3.22. The molecule has 4 aromatic rings. The molecule has 0 aliphatic carbocycles. The number of hydrogen-bond acceptors (Lipinski definition) is 3. The number of nitrogens with zero attached hydrogens (tertiary/aromatic N) is 1. The molecule has 24 heavy (non-hydrogen) atoms. The highest BCUT2D eigenvalue weighted by molar-refractivity contribution is 5.98. The van der Waals surface area contributed by atoms with Crippen LogP contribution in [0.5, 0.6) is 0 Å². The van der Waals surface area contributed by atoms with Crippen molar-refractivity contribution >= 4 is 27.8 Å². The first-order valence-electron chi connectivity index (χ1n) is 7.91.